The molecule has 37 heavy (non-hydrogen) atoms. The van der Waals surface area contributed by atoms with Gasteiger partial charge in [0, 0.05) is 15.7 Å². The molecule has 0 aliphatic rings. The van der Waals surface area contributed by atoms with Gasteiger partial charge in [-0.3, -0.25) is 14.4 Å². The fourth-order valence-corrected chi connectivity index (χ4v) is 3.16. The van der Waals surface area contributed by atoms with E-state index in [-0.39, 0.29) is 11.4 Å². The molecule has 0 aliphatic heterocycles. The maximum Gasteiger partial charge on any atom is 0.329 e. The summed E-state index contributed by atoms with van der Waals surface area (Å²) in [6.07, 6.45) is 2.87. The Balaban J connectivity index is 1.51. The monoisotopic (exact) mass is 568 g/mol. The van der Waals surface area contributed by atoms with Crippen molar-refractivity contribution >= 4 is 51.2 Å². The summed E-state index contributed by atoms with van der Waals surface area (Å²) in [4.78, 5) is 36.4. The number of rotatable bonds is 10. The lowest BCUT2D eigenvalue weighted by Crippen LogP contribution is -2.32. The molecule has 0 saturated carbocycles. The van der Waals surface area contributed by atoms with Crippen LogP contribution in [-0.4, -0.2) is 37.1 Å². The Morgan fingerprint density at radius 1 is 0.973 bits per heavy atom. The van der Waals surface area contributed by atoms with Gasteiger partial charge in [-0.15, -0.1) is 0 Å². The van der Waals surface area contributed by atoms with Crippen molar-refractivity contribution in [2.24, 2.45) is 5.10 Å². The van der Waals surface area contributed by atoms with Gasteiger partial charge in [-0.05, 0) is 54.6 Å². The second-order valence-electron chi connectivity index (χ2n) is 7.28. The normalized spacial score (nSPS) is 10.4. The Hall–Kier alpha value is -4.51. The van der Waals surface area contributed by atoms with E-state index in [2.05, 4.69) is 43.7 Å². The van der Waals surface area contributed by atoms with E-state index in [0.717, 1.165) is 0 Å². The quantitative estimate of drug-likeness (QED) is 0.146. The van der Waals surface area contributed by atoms with Crippen molar-refractivity contribution in [2.75, 3.05) is 23.8 Å². The minimum Gasteiger partial charge on any atom is -0.490 e. The highest BCUT2D eigenvalue weighted by Crippen LogP contribution is 2.20. The van der Waals surface area contributed by atoms with Crippen molar-refractivity contribution < 1.29 is 28.2 Å². The van der Waals surface area contributed by atoms with Crippen LogP contribution < -0.4 is 25.5 Å². The van der Waals surface area contributed by atoms with Crippen LogP contribution in [-0.2, 0) is 14.4 Å². The lowest BCUT2D eigenvalue weighted by atomic mass is 10.2. The number of amides is 3. The molecule has 0 bridgehead atoms. The number of carbonyl (C=O) groups is 3. The van der Waals surface area contributed by atoms with Gasteiger partial charge < -0.3 is 20.1 Å². The van der Waals surface area contributed by atoms with Crippen molar-refractivity contribution in [3.05, 3.63) is 95.2 Å². The first kappa shape index (κ1) is 27.1. The molecule has 11 heteroatoms. The van der Waals surface area contributed by atoms with Gasteiger partial charge in [-0.1, -0.05) is 40.7 Å². The zero-order valence-corrected chi connectivity index (χ0v) is 21.0. The van der Waals surface area contributed by atoms with E-state index in [9.17, 15) is 18.8 Å². The highest BCUT2D eigenvalue weighted by molar-refractivity contribution is 9.10. The molecule has 0 aromatic heterocycles. The van der Waals surface area contributed by atoms with Crippen molar-refractivity contribution in [3.63, 3.8) is 0 Å². The lowest BCUT2D eigenvalue weighted by molar-refractivity contribution is -0.136. The standard InChI is InChI=1S/C26H22BrFN4O5/c1-2-13-36-20-10-8-19(9-11-20)30-25(34)26(35)32-29-15-17-5-3-4-6-23(17)37-16-24(33)31-22-12-7-18(27)14-21(22)28/h2-12,14-15H,1,13,16H2,(H,30,34)(H,31,33)(H,32,35)/b29-15-. The third kappa shape index (κ3) is 8.58. The van der Waals surface area contributed by atoms with E-state index in [1.165, 1.54) is 18.3 Å². The van der Waals surface area contributed by atoms with Crippen LogP contribution in [0, 0.1) is 5.82 Å². The highest BCUT2D eigenvalue weighted by Gasteiger charge is 2.13. The van der Waals surface area contributed by atoms with Gasteiger partial charge in [0.2, 0.25) is 0 Å². The number of anilines is 2. The molecular weight excluding hydrogens is 547 g/mol. The van der Waals surface area contributed by atoms with Crippen molar-refractivity contribution in [1.82, 2.24) is 5.43 Å². The molecule has 0 spiro atoms. The van der Waals surface area contributed by atoms with Gasteiger partial charge in [0.05, 0.1) is 11.9 Å². The fraction of sp³-hybridized carbons (Fsp3) is 0.0769. The number of nitrogens with zero attached hydrogens (tertiary/aromatic N) is 1. The first-order valence-electron chi connectivity index (χ1n) is 10.8. The summed E-state index contributed by atoms with van der Waals surface area (Å²) in [5.41, 5.74) is 2.98. The molecule has 0 aliphatic carbocycles. The van der Waals surface area contributed by atoms with E-state index in [1.54, 1.807) is 60.7 Å². The fourth-order valence-electron chi connectivity index (χ4n) is 2.83. The van der Waals surface area contributed by atoms with Crippen LogP contribution >= 0.6 is 15.9 Å². The molecule has 3 aromatic carbocycles. The van der Waals surface area contributed by atoms with E-state index in [1.807, 2.05) is 0 Å². The number of hydrogen-bond donors (Lipinski definition) is 3. The van der Waals surface area contributed by atoms with Gasteiger partial charge in [0.1, 0.15) is 23.9 Å². The van der Waals surface area contributed by atoms with E-state index >= 15 is 0 Å². The average Bonchev–Trinajstić information content (AvgIpc) is 2.89. The topological polar surface area (TPSA) is 118 Å². The third-order valence-corrected chi connectivity index (χ3v) is 5.03. The highest BCUT2D eigenvalue weighted by atomic mass is 79.9. The van der Waals surface area contributed by atoms with Gasteiger partial charge in [0.25, 0.3) is 5.91 Å². The second kappa shape index (κ2) is 13.5. The number of carbonyl (C=O) groups excluding carboxylic acids is 3. The zero-order chi connectivity index (χ0) is 26.6. The molecule has 0 saturated heterocycles. The van der Waals surface area contributed by atoms with Gasteiger partial charge in [-0.25, -0.2) is 9.82 Å². The van der Waals surface area contributed by atoms with Gasteiger partial charge in [-0.2, -0.15) is 5.10 Å². The van der Waals surface area contributed by atoms with Crippen LogP contribution in [0.2, 0.25) is 0 Å². The SMILES string of the molecule is C=CCOc1ccc(NC(=O)C(=O)N/N=C\c2ccccc2OCC(=O)Nc2ccc(Br)cc2F)cc1. The zero-order valence-electron chi connectivity index (χ0n) is 19.4. The van der Waals surface area contributed by atoms with Crippen LogP contribution in [0.25, 0.3) is 0 Å². The molecule has 190 valence electrons. The molecule has 3 rings (SSSR count). The predicted octanol–water partition coefficient (Wildman–Crippen LogP) is 4.26. The Morgan fingerprint density at radius 2 is 1.73 bits per heavy atom. The van der Waals surface area contributed by atoms with Gasteiger partial charge >= 0.3 is 11.8 Å². The maximum atomic E-state index is 13.9. The van der Waals surface area contributed by atoms with Crippen LogP contribution in [0.4, 0.5) is 15.8 Å². The first-order chi connectivity index (χ1) is 17.9. The number of ether oxygens (including phenoxy) is 2. The first-order valence-corrected chi connectivity index (χ1v) is 11.6. The molecule has 3 N–H and O–H groups in total. The Labute approximate surface area is 220 Å². The number of benzene rings is 3. The number of halogens is 2. The largest absolute Gasteiger partial charge is 0.490 e. The summed E-state index contributed by atoms with van der Waals surface area (Å²) in [5, 5.41) is 8.65. The third-order valence-electron chi connectivity index (χ3n) is 4.54. The Kier molecular flexibility index (Phi) is 9.91. The van der Waals surface area contributed by atoms with Crippen LogP contribution in [0.1, 0.15) is 5.56 Å². The lowest BCUT2D eigenvalue weighted by Gasteiger charge is -2.10. The van der Waals surface area contributed by atoms with Crippen molar-refractivity contribution in [1.29, 1.82) is 0 Å². The summed E-state index contributed by atoms with van der Waals surface area (Å²) >= 11 is 3.15. The molecule has 0 heterocycles. The second-order valence-corrected chi connectivity index (χ2v) is 8.19. The summed E-state index contributed by atoms with van der Waals surface area (Å²) < 4.78 is 25.3. The Morgan fingerprint density at radius 3 is 2.46 bits per heavy atom. The predicted molar refractivity (Wildman–Crippen MR) is 141 cm³/mol. The number of para-hydroxylation sites is 1. The number of nitrogens with one attached hydrogen (secondary N) is 3. The van der Waals surface area contributed by atoms with Crippen LogP contribution in [0.15, 0.2) is 89.0 Å². The summed E-state index contributed by atoms with van der Waals surface area (Å²) in [6, 6.07) is 17.3. The van der Waals surface area contributed by atoms with Crippen molar-refractivity contribution in [2.45, 2.75) is 0 Å². The number of hydrogen-bond acceptors (Lipinski definition) is 6. The van der Waals surface area contributed by atoms with E-state index < -0.39 is 30.1 Å². The number of hydrazone groups is 1. The average molecular weight is 569 g/mol. The van der Waals surface area contributed by atoms with E-state index in [0.29, 0.717) is 28.1 Å². The minimum atomic E-state index is -0.988. The van der Waals surface area contributed by atoms with Crippen LogP contribution in [0.3, 0.4) is 0 Å². The molecule has 0 fully saturated rings. The summed E-state index contributed by atoms with van der Waals surface area (Å²) in [6.45, 7) is 3.51. The minimum absolute atomic E-state index is 0.0182. The smallest absolute Gasteiger partial charge is 0.329 e. The van der Waals surface area contributed by atoms with E-state index in [4.69, 9.17) is 9.47 Å². The van der Waals surface area contributed by atoms with Gasteiger partial charge in [0.15, 0.2) is 6.61 Å². The maximum absolute atomic E-state index is 13.9. The van der Waals surface area contributed by atoms with Crippen molar-refractivity contribution in [3.8, 4) is 11.5 Å². The molecule has 9 nitrogen and oxygen atoms in total. The summed E-state index contributed by atoms with van der Waals surface area (Å²) in [5.74, 6) is -2.19. The summed E-state index contributed by atoms with van der Waals surface area (Å²) in [7, 11) is 0. The van der Waals surface area contributed by atoms with Crippen LogP contribution in [0.5, 0.6) is 11.5 Å². The molecule has 0 atom stereocenters. The molecule has 3 aromatic rings. The molecule has 0 unspecified atom stereocenters. The molecular formula is C26H22BrFN4O5. The molecule has 0 radical (unpaired) electrons. The Bertz CT molecular complexity index is 1310. The molecule has 3 amide bonds.